The van der Waals surface area contributed by atoms with Crippen molar-refractivity contribution < 1.29 is 9.53 Å². The second kappa shape index (κ2) is 8.53. The van der Waals surface area contributed by atoms with Crippen LogP contribution >= 0.6 is 15.9 Å². The van der Waals surface area contributed by atoms with Crippen molar-refractivity contribution >= 4 is 27.6 Å². The summed E-state index contributed by atoms with van der Waals surface area (Å²) in [7, 11) is 1.60. The molecule has 0 saturated carbocycles. The summed E-state index contributed by atoms with van der Waals surface area (Å²) in [5.41, 5.74) is 2.84. The summed E-state index contributed by atoms with van der Waals surface area (Å²) in [6.45, 7) is 10.9. The third-order valence-electron chi connectivity index (χ3n) is 4.14. The number of likely N-dealkylation sites (tertiary alicyclic amines) is 1. The Balaban J connectivity index is 1.90. The summed E-state index contributed by atoms with van der Waals surface area (Å²) in [6, 6.07) is 3.82. The first-order valence-corrected chi connectivity index (χ1v) is 8.96. The lowest BCUT2D eigenvalue weighted by Gasteiger charge is -2.32. The van der Waals surface area contributed by atoms with E-state index in [9.17, 15) is 4.79 Å². The molecule has 0 unspecified atom stereocenters. The molecule has 0 aliphatic carbocycles. The highest BCUT2D eigenvalue weighted by Gasteiger charge is 2.21. The minimum Gasteiger partial charge on any atom is -0.495 e. The Morgan fingerprint density at radius 3 is 2.67 bits per heavy atom. The van der Waals surface area contributed by atoms with E-state index in [0.29, 0.717) is 11.4 Å². The fourth-order valence-corrected chi connectivity index (χ4v) is 3.54. The molecule has 1 aliphatic rings. The molecule has 2 amide bonds. The summed E-state index contributed by atoms with van der Waals surface area (Å²) >= 11 is 3.44. The Hall–Kier alpha value is -1.53. The molecule has 2 rings (SSSR count). The van der Waals surface area contributed by atoms with Gasteiger partial charge in [0.05, 0.1) is 12.8 Å². The number of methoxy groups -OCH3 is 1. The molecule has 132 valence electrons. The fourth-order valence-electron chi connectivity index (χ4n) is 2.99. The lowest BCUT2D eigenvalue weighted by molar-refractivity contribution is 0.207. The van der Waals surface area contributed by atoms with Crippen molar-refractivity contribution in [2.75, 3.05) is 32.1 Å². The number of piperidine rings is 1. The van der Waals surface area contributed by atoms with Crippen LogP contribution in [0.25, 0.3) is 0 Å². The minimum absolute atomic E-state index is 0.183. The van der Waals surface area contributed by atoms with Crippen LogP contribution in [0, 0.1) is 6.92 Å². The molecule has 1 aliphatic heterocycles. The van der Waals surface area contributed by atoms with Crippen molar-refractivity contribution in [1.29, 1.82) is 0 Å². The van der Waals surface area contributed by atoms with Gasteiger partial charge in [-0.3, -0.25) is 4.90 Å². The zero-order chi connectivity index (χ0) is 17.7. The molecule has 1 fully saturated rings. The molecule has 0 radical (unpaired) electrons. The normalized spacial score (nSPS) is 15.8. The monoisotopic (exact) mass is 395 g/mol. The Kier molecular flexibility index (Phi) is 6.69. The smallest absolute Gasteiger partial charge is 0.319 e. The van der Waals surface area contributed by atoms with Crippen LogP contribution in [0.1, 0.15) is 25.3 Å². The predicted octanol–water partition coefficient (Wildman–Crippen LogP) is 3.93. The number of halogens is 1. The average molecular weight is 396 g/mol. The van der Waals surface area contributed by atoms with Gasteiger partial charge in [-0.2, -0.15) is 0 Å². The zero-order valence-electron chi connectivity index (χ0n) is 14.6. The Morgan fingerprint density at radius 2 is 2.08 bits per heavy atom. The summed E-state index contributed by atoms with van der Waals surface area (Å²) in [6.07, 6.45) is 1.91. The number of carbonyl (C=O) groups excluding carboxylic acids is 1. The van der Waals surface area contributed by atoms with Gasteiger partial charge in [-0.25, -0.2) is 4.79 Å². The van der Waals surface area contributed by atoms with Gasteiger partial charge in [0.25, 0.3) is 0 Å². The Labute approximate surface area is 152 Å². The first kappa shape index (κ1) is 18.8. The molecule has 0 spiro atoms. The maximum atomic E-state index is 12.3. The molecular weight excluding hydrogens is 370 g/mol. The number of carbonyl (C=O) groups is 1. The van der Waals surface area contributed by atoms with Gasteiger partial charge in [0, 0.05) is 30.1 Å². The van der Waals surface area contributed by atoms with Crippen LogP contribution in [-0.2, 0) is 0 Å². The third kappa shape index (κ3) is 5.24. The summed E-state index contributed by atoms with van der Waals surface area (Å²) in [4.78, 5) is 14.7. The number of ether oxygens (including phenoxy) is 1. The van der Waals surface area contributed by atoms with E-state index < -0.39 is 0 Å². The van der Waals surface area contributed by atoms with Crippen molar-refractivity contribution in [2.45, 2.75) is 32.7 Å². The van der Waals surface area contributed by atoms with Crippen molar-refractivity contribution in [3.05, 3.63) is 34.3 Å². The lowest BCUT2D eigenvalue weighted by Crippen LogP contribution is -2.46. The zero-order valence-corrected chi connectivity index (χ0v) is 16.2. The summed E-state index contributed by atoms with van der Waals surface area (Å²) < 4.78 is 6.29. The number of nitrogens with one attached hydrogen (secondary N) is 2. The highest BCUT2D eigenvalue weighted by molar-refractivity contribution is 9.10. The number of hydrogen-bond acceptors (Lipinski definition) is 3. The number of nitrogens with zero attached hydrogens (tertiary/aromatic N) is 1. The van der Waals surface area contributed by atoms with E-state index in [0.717, 1.165) is 42.5 Å². The van der Waals surface area contributed by atoms with Gasteiger partial charge in [-0.05, 0) is 44.4 Å². The van der Waals surface area contributed by atoms with Crippen LogP contribution in [0.5, 0.6) is 5.75 Å². The molecular formula is C18H26BrN3O2. The minimum atomic E-state index is -0.183. The second-order valence-corrected chi connectivity index (χ2v) is 7.32. The maximum absolute atomic E-state index is 12.3. The van der Waals surface area contributed by atoms with Gasteiger partial charge < -0.3 is 15.4 Å². The fraction of sp³-hybridized carbons (Fsp3) is 0.500. The molecule has 5 nitrogen and oxygen atoms in total. The van der Waals surface area contributed by atoms with Crippen LogP contribution in [0.2, 0.25) is 0 Å². The standard InChI is InChI=1S/C18H26BrN3O2/c1-12(2)11-22-7-5-15(6-8-22)20-18(23)21-17-13(3)9-14(19)10-16(17)24-4/h9-10,15H,1,5-8,11H2,2-4H3,(H2,20,21,23). The highest BCUT2D eigenvalue weighted by atomic mass is 79.9. The second-order valence-electron chi connectivity index (χ2n) is 6.41. The van der Waals surface area contributed by atoms with Gasteiger partial charge >= 0.3 is 6.03 Å². The number of amides is 2. The van der Waals surface area contributed by atoms with Crippen LogP contribution in [0.15, 0.2) is 28.8 Å². The number of benzene rings is 1. The van der Waals surface area contributed by atoms with Crippen LogP contribution in [0.4, 0.5) is 10.5 Å². The van der Waals surface area contributed by atoms with E-state index in [-0.39, 0.29) is 12.1 Å². The van der Waals surface area contributed by atoms with Crippen LogP contribution < -0.4 is 15.4 Å². The predicted molar refractivity (Wildman–Crippen MR) is 102 cm³/mol. The molecule has 2 N–H and O–H groups in total. The van der Waals surface area contributed by atoms with E-state index in [1.165, 1.54) is 5.57 Å². The first-order valence-electron chi connectivity index (χ1n) is 8.17. The van der Waals surface area contributed by atoms with Gasteiger partial charge in [-0.1, -0.05) is 28.1 Å². The van der Waals surface area contributed by atoms with E-state index in [1.54, 1.807) is 7.11 Å². The molecule has 1 aromatic rings. The number of aryl methyl sites for hydroxylation is 1. The third-order valence-corrected chi connectivity index (χ3v) is 4.60. The molecule has 1 saturated heterocycles. The summed E-state index contributed by atoms with van der Waals surface area (Å²) in [5.74, 6) is 0.647. The van der Waals surface area contributed by atoms with Gasteiger partial charge in [-0.15, -0.1) is 0 Å². The molecule has 0 bridgehead atoms. The van der Waals surface area contributed by atoms with Crippen LogP contribution in [0.3, 0.4) is 0 Å². The van der Waals surface area contributed by atoms with E-state index in [4.69, 9.17) is 4.74 Å². The largest absolute Gasteiger partial charge is 0.495 e. The van der Waals surface area contributed by atoms with E-state index >= 15 is 0 Å². The quantitative estimate of drug-likeness (QED) is 0.742. The molecule has 0 aromatic heterocycles. The van der Waals surface area contributed by atoms with Gasteiger partial charge in [0.15, 0.2) is 0 Å². The van der Waals surface area contributed by atoms with Gasteiger partial charge in [0.1, 0.15) is 5.75 Å². The number of hydrogen-bond donors (Lipinski definition) is 2. The van der Waals surface area contributed by atoms with Gasteiger partial charge in [0.2, 0.25) is 0 Å². The highest BCUT2D eigenvalue weighted by Crippen LogP contribution is 2.32. The molecule has 1 aromatic carbocycles. The SMILES string of the molecule is C=C(C)CN1CCC(NC(=O)Nc2c(C)cc(Br)cc2OC)CC1. The average Bonchev–Trinajstić information content (AvgIpc) is 2.51. The van der Waals surface area contributed by atoms with Crippen molar-refractivity contribution in [3.8, 4) is 5.75 Å². The first-order chi connectivity index (χ1) is 11.4. The van der Waals surface area contributed by atoms with Crippen molar-refractivity contribution in [1.82, 2.24) is 10.2 Å². The number of urea groups is 1. The summed E-state index contributed by atoms with van der Waals surface area (Å²) in [5, 5.41) is 5.99. The number of anilines is 1. The molecule has 1 heterocycles. The van der Waals surface area contributed by atoms with E-state index in [2.05, 4.69) is 38.0 Å². The topological polar surface area (TPSA) is 53.6 Å². The maximum Gasteiger partial charge on any atom is 0.319 e. The Morgan fingerprint density at radius 1 is 1.42 bits per heavy atom. The molecule has 6 heteroatoms. The molecule has 0 atom stereocenters. The lowest BCUT2D eigenvalue weighted by atomic mass is 10.0. The van der Waals surface area contributed by atoms with Crippen LogP contribution in [-0.4, -0.2) is 43.7 Å². The molecule has 24 heavy (non-hydrogen) atoms. The van der Waals surface area contributed by atoms with Crippen molar-refractivity contribution in [2.24, 2.45) is 0 Å². The van der Waals surface area contributed by atoms with E-state index in [1.807, 2.05) is 26.0 Å². The number of rotatable bonds is 5. The Bertz CT molecular complexity index is 611. The van der Waals surface area contributed by atoms with Crippen molar-refractivity contribution in [3.63, 3.8) is 0 Å².